The normalized spacial score (nSPS) is 19.9. The number of piperidine rings is 2. The summed E-state index contributed by atoms with van der Waals surface area (Å²) in [6.07, 6.45) is 5.89. The smallest absolute Gasteiger partial charge is 0.254 e. The van der Waals surface area contributed by atoms with Crippen LogP contribution < -0.4 is 4.74 Å². The number of nitrogens with zero attached hydrogens (tertiary/aromatic N) is 5. The van der Waals surface area contributed by atoms with Crippen LogP contribution in [-0.4, -0.2) is 62.4 Å². The van der Waals surface area contributed by atoms with E-state index in [-0.39, 0.29) is 11.9 Å². The van der Waals surface area contributed by atoms with E-state index in [1.165, 1.54) is 0 Å². The predicted octanol–water partition coefficient (Wildman–Crippen LogP) is 4.55. The molecular formula is C27H26ClN5O2. The number of benzene rings is 2. The molecule has 0 saturated carbocycles. The van der Waals surface area contributed by atoms with E-state index in [0.717, 1.165) is 49.4 Å². The highest BCUT2D eigenvalue weighted by molar-refractivity contribution is 6.30. The number of carbonyl (C=O) groups excluding carboxylic acids is 1. The number of rotatable bonds is 5. The van der Waals surface area contributed by atoms with Gasteiger partial charge < -0.3 is 9.64 Å². The highest BCUT2D eigenvalue weighted by atomic mass is 35.5. The molecular weight excluding hydrogens is 462 g/mol. The number of imidazole rings is 1. The molecule has 3 saturated heterocycles. The number of carbonyl (C=O) groups is 1. The fourth-order valence-corrected chi connectivity index (χ4v) is 5.52. The molecule has 0 N–H and O–H groups in total. The maximum absolute atomic E-state index is 13.3. The molecule has 4 aromatic rings. The molecule has 2 atom stereocenters. The first-order chi connectivity index (χ1) is 17.1. The van der Waals surface area contributed by atoms with E-state index < -0.39 is 0 Å². The van der Waals surface area contributed by atoms with Gasteiger partial charge in [0.05, 0.1) is 18.5 Å². The first-order valence-electron chi connectivity index (χ1n) is 11.9. The lowest BCUT2D eigenvalue weighted by Gasteiger charge is -2.51. The monoisotopic (exact) mass is 487 g/mol. The Bertz CT molecular complexity index is 1390. The van der Waals surface area contributed by atoms with E-state index in [2.05, 4.69) is 19.2 Å². The van der Waals surface area contributed by atoms with Gasteiger partial charge >= 0.3 is 0 Å². The van der Waals surface area contributed by atoms with E-state index in [9.17, 15) is 4.79 Å². The Kier molecular flexibility index (Phi) is 5.66. The van der Waals surface area contributed by atoms with Crippen molar-refractivity contribution in [3.05, 3.63) is 83.3 Å². The van der Waals surface area contributed by atoms with Crippen molar-refractivity contribution in [2.75, 3.05) is 20.2 Å². The Labute approximate surface area is 208 Å². The molecule has 0 aliphatic carbocycles. The molecule has 2 bridgehead atoms. The summed E-state index contributed by atoms with van der Waals surface area (Å²) >= 11 is 6.13. The molecule has 178 valence electrons. The molecule has 3 aliphatic heterocycles. The number of piperazine rings is 1. The Balaban J connectivity index is 1.27. The molecule has 5 heterocycles. The van der Waals surface area contributed by atoms with Gasteiger partial charge in [-0.3, -0.25) is 14.1 Å². The van der Waals surface area contributed by atoms with Crippen LogP contribution in [0.2, 0.25) is 5.02 Å². The number of aromatic nitrogens is 3. The largest absolute Gasteiger partial charge is 0.497 e. The molecule has 35 heavy (non-hydrogen) atoms. The van der Waals surface area contributed by atoms with Crippen molar-refractivity contribution in [2.24, 2.45) is 0 Å². The highest BCUT2D eigenvalue weighted by Crippen LogP contribution is 2.34. The average molecular weight is 488 g/mol. The Hall–Kier alpha value is -3.42. The van der Waals surface area contributed by atoms with Crippen LogP contribution in [0.1, 0.15) is 28.9 Å². The minimum atomic E-state index is 0.0825. The van der Waals surface area contributed by atoms with Crippen molar-refractivity contribution in [3.63, 3.8) is 0 Å². The summed E-state index contributed by atoms with van der Waals surface area (Å²) in [5.74, 6) is 1.47. The second kappa shape index (κ2) is 8.98. The lowest BCUT2D eigenvalue weighted by Crippen LogP contribution is -2.63. The van der Waals surface area contributed by atoms with Crippen molar-refractivity contribution in [1.82, 2.24) is 24.2 Å². The van der Waals surface area contributed by atoms with Crippen molar-refractivity contribution in [1.29, 1.82) is 0 Å². The van der Waals surface area contributed by atoms with Crippen LogP contribution >= 0.6 is 11.6 Å². The molecule has 3 fully saturated rings. The molecule has 7 nitrogen and oxygen atoms in total. The number of ether oxygens (including phenoxy) is 1. The molecule has 0 radical (unpaired) electrons. The summed E-state index contributed by atoms with van der Waals surface area (Å²) in [6, 6.07) is 17.6. The van der Waals surface area contributed by atoms with Gasteiger partial charge in [-0.1, -0.05) is 29.8 Å². The van der Waals surface area contributed by atoms with Gasteiger partial charge in [0, 0.05) is 60.3 Å². The molecule has 2 unspecified atom stereocenters. The number of halogens is 1. The molecule has 0 spiro atoms. The number of methoxy groups -OCH3 is 1. The number of amides is 1. The van der Waals surface area contributed by atoms with Crippen molar-refractivity contribution in [3.8, 4) is 17.0 Å². The maximum atomic E-state index is 13.3. The fourth-order valence-electron chi connectivity index (χ4n) is 5.40. The van der Waals surface area contributed by atoms with E-state index in [1.807, 2.05) is 60.8 Å². The second-order valence-electron chi connectivity index (χ2n) is 9.21. The summed E-state index contributed by atoms with van der Waals surface area (Å²) in [4.78, 5) is 27.2. The minimum Gasteiger partial charge on any atom is -0.497 e. The van der Waals surface area contributed by atoms with Crippen LogP contribution in [0.15, 0.2) is 67.0 Å². The van der Waals surface area contributed by atoms with E-state index in [0.29, 0.717) is 28.2 Å². The van der Waals surface area contributed by atoms with Gasteiger partial charge in [-0.25, -0.2) is 9.97 Å². The van der Waals surface area contributed by atoms with Crippen LogP contribution in [-0.2, 0) is 6.54 Å². The number of hydrogen-bond donors (Lipinski definition) is 0. The number of hydrogen-bond acceptors (Lipinski definition) is 5. The maximum Gasteiger partial charge on any atom is 0.254 e. The van der Waals surface area contributed by atoms with Gasteiger partial charge in [0.25, 0.3) is 5.91 Å². The van der Waals surface area contributed by atoms with E-state index >= 15 is 0 Å². The first kappa shape index (κ1) is 22.1. The van der Waals surface area contributed by atoms with Crippen molar-refractivity contribution < 1.29 is 9.53 Å². The van der Waals surface area contributed by atoms with Crippen LogP contribution in [0.4, 0.5) is 0 Å². The predicted molar refractivity (Wildman–Crippen MR) is 135 cm³/mol. The Morgan fingerprint density at radius 1 is 1.09 bits per heavy atom. The second-order valence-corrected chi connectivity index (χ2v) is 9.64. The summed E-state index contributed by atoms with van der Waals surface area (Å²) in [6.45, 7) is 2.31. The lowest BCUT2D eigenvalue weighted by atomic mass is 9.89. The summed E-state index contributed by atoms with van der Waals surface area (Å²) in [5, 5.41) is 0.700. The van der Waals surface area contributed by atoms with Gasteiger partial charge in [0.2, 0.25) is 5.78 Å². The molecule has 3 aliphatic rings. The third kappa shape index (κ3) is 4.05. The van der Waals surface area contributed by atoms with Crippen LogP contribution in [0.25, 0.3) is 17.0 Å². The summed E-state index contributed by atoms with van der Waals surface area (Å²) in [7, 11) is 1.62. The molecule has 7 rings (SSSR count). The quantitative estimate of drug-likeness (QED) is 0.413. The highest BCUT2D eigenvalue weighted by Gasteiger charge is 2.41. The first-order valence-corrected chi connectivity index (χ1v) is 12.3. The summed E-state index contributed by atoms with van der Waals surface area (Å²) in [5.41, 5.74) is 3.73. The molecule has 8 heteroatoms. The van der Waals surface area contributed by atoms with Crippen LogP contribution in [0.3, 0.4) is 0 Å². The number of fused-ring (bicyclic) bond motifs is 4. The summed E-state index contributed by atoms with van der Waals surface area (Å²) < 4.78 is 7.39. The zero-order chi connectivity index (χ0) is 23.9. The average Bonchev–Trinajstić information content (AvgIpc) is 3.27. The van der Waals surface area contributed by atoms with Gasteiger partial charge in [0.15, 0.2) is 0 Å². The van der Waals surface area contributed by atoms with Gasteiger partial charge in [-0.15, -0.1) is 0 Å². The van der Waals surface area contributed by atoms with E-state index in [4.69, 9.17) is 21.3 Å². The standard InChI is InChI=1S/C27H26ClN5O2/c1-35-23-5-2-4-19(14-23)26(34)33-16-21-10-11-22(33)15-31(21)17-24-25(18-6-8-20(28)9-7-18)30-27-29-12-3-13-32(24)27/h2-9,12-14,21-22H,10-11,15-17H2,1H3. The Morgan fingerprint density at radius 3 is 2.69 bits per heavy atom. The van der Waals surface area contributed by atoms with Gasteiger partial charge in [-0.05, 0) is 49.2 Å². The lowest BCUT2D eigenvalue weighted by molar-refractivity contribution is -0.0159. The van der Waals surface area contributed by atoms with Crippen LogP contribution in [0, 0.1) is 0 Å². The Morgan fingerprint density at radius 2 is 1.91 bits per heavy atom. The SMILES string of the molecule is COc1cccc(C(=O)N2CC3CCC2CN3Cc2c(-c3ccc(Cl)cc3)nc3ncccn23)c1. The van der Waals surface area contributed by atoms with Crippen LogP contribution in [0.5, 0.6) is 5.75 Å². The molecule has 2 aromatic carbocycles. The molecule has 2 aromatic heterocycles. The zero-order valence-corrected chi connectivity index (χ0v) is 20.2. The van der Waals surface area contributed by atoms with Gasteiger partial charge in [0.1, 0.15) is 5.75 Å². The van der Waals surface area contributed by atoms with Crippen molar-refractivity contribution >= 4 is 23.3 Å². The fraction of sp³-hybridized carbons (Fsp3) is 0.296. The third-order valence-corrected chi connectivity index (χ3v) is 7.45. The third-order valence-electron chi connectivity index (χ3n) is 7.19. The van der Waals surface area contributed by atoms with E-state index in [1.54, 1.807) is 13.3 Å². The zero-order valence-electron chi connectivity index (χ0n) is 19.5. The molecule has 1 amide bonds. The van der Waals surface area contributed by atoms with Gasteiger partial charge in [-0.2, -0.15) is 0 Å². The van der Waals surface area contributed by atoms with Crippen molar-refractivity contribution in [2.45, 2.75) is 31.5 Å². The topological polar surface area (TPSA) is 63.0 Å². The minimum absolute atomic E-state index is 0.0825.